The van der Waals surface area contributed by atoms with Gasteiger partial charge in [-0.15, -0.1) is 0 Å². The Hall–Kier alpha value is -2.38. The van der Waals surface area contributed by atoms with Gasteiger partial charge in [-0.05, 0) is 36.2 Å². The Kier molecular flexibility index (Phi) is 4.29. The summed E-state index contributed by atoms with van der Waals surface area (Å²) in [7, 11) is -3.72. The zero-order valence-electron chi connectivity index (χ0n) is 13.1. The number of ether oxygens (including phenoxy) is 1. The molecule has 24 heavy (non-hydrogen) atoms. The Balaban J connectivity index is 1.65. The van der Waals surface area contributed by atoms with Gasteiger partial charge in [-0.2, -0.15) is 0 Å². The molecular formula is C17H18N2O4S. The fourth-order valence-corrected chi connectivity index (χ4v) is 3.18. The van der Waals surface area contributed by atoms with E-state index in [4.69, 9.17) is 9.88 Å². The van der Waals surface area contributed by atoms with E-state index < -0.39 is 16.1 Å². The van der Waals surface area contributed by atoms with Crippen molar-refractivity contribution in [3.05, 3.63) is 59.7 Å². The number of nitrogens with two attached hydrogens (primary N) is 1. The summed E-state index contributed by atoms with van der Waals surface area (Å²) in [6.45, 7) is 1.83. The topological polar surface area (TPSA) is 98.5 Å². The quantitative estimate of drug-likeness (QED) is 0.877. The first-order valence-corrected chi connectivity index (χ1v) is 9.07. The molecule has 6 nitrogen and oxygen atoms in total. The Bertz CT molecular complexity index is 837. The van der Waals surface area contributed by atoms with Crippen LogP contribution in [0.4, 0.5) is 0 Å². The van der Waals surface area contributed by atoms with Gasteiger partial charge >= 0.3 is 0 Å². The predicted octanol–water partition coefficient (Wildman–Crippen LogP) is 1.51. The number of rotatable bonds is 4. The van der Waals surface area contributed by atoms with Crippen molar-refractivity contribution in [3.63, 3.8) is 0 Å². The molecule has 0 spiro atoms. The van der Waals surface area contributed by atoms with E-state index in [1.165, 1.54) is 12.1 Å². The molecule has 1 amide bonds. The summed E-state index contributed by atoms with van der Waals surface area (Å²) in [6, 6.07) is 13.4. The summed E-state index contributed by atoms with van der Waals surface area (Å²) in [6.07, 6.45) is -0.00689. The molecule has 0 saturated heterocycles. The van der Waals surface area contributed by atoms with Crippen LogP contribution in [-0.2, 0) is 21.2 Å². The number of hydrogen-bond donors (Lipinski definition) is 2. The summed E-state index contributed by atoms with van der Waals surface area (Å²) >= 11 is 0. The van der Waals surface area contributed by atoms with Crippen molar-refractivity contribution in [1.29, 1.82) is 0 Å². The summed E-state index contributed by atoms with van der Waals surface area (Å²) in [5.74, 6) is 0.539. The zero-order chi connectivity index (χ0) is 17.3. The number of hydrogen-bond acceptors (Lipinski definition) is 4. The minimum absolute atomic E-state index is 0.0411. The van der Waals surface area contributed by atoms with Gasteiger partial charge in [-0.25, -0.2) is 13.6 Å². The largest absolute Gasteiger partial charge is 0.480 e. The van der Waals surface area contributed by atoms with Gasteiger partial charge in [0.15, 0.2) is 6.10 Å². The summed E-state index contributed by atoms with van der Waals surface area (Å²) in [5.41, 5.74) is 1.80. The molecule has 0 unspecified atom stereocenters. The van der Waals surface area contributed by atoms with Crippen LogP contribution in [0.5, 0.6) is 5.75 Å². The molecule has 0 aromatic heterocycles. The van der Waals surface area contributed by atoms with Gasteiger partial charge in [-0.3, -0.25) is 4.79 Å². The molecule has 1 aliphatic rings. The maximum absolute atomic E-state index is 12.4. The number of benzene rings is 2. The second kappa shape index (κ2) is 6.26. The Morgan fingerprint density at radius 1 is 1.21 bits per heavy atom. The molecule has 0 aliphatic carbocycles. The highest BCUT2D eigenvalue weighted by Gasteiger charge is 2.29. The summed E-state index contributed by atoms with van der Waals surface area (Å²) in [4.78, 5) is 12.4. The zero-order valence-corrected chi connectivity index (χ0v) is 13.9. The fraction of sp³-hybridized carbons (Fsp3) is 0.235. The van der Waals surface area contributed by atoms with Gasteiger partial charge in [0.2, 0.25) is 10.0 Å². The third-order valence-electron chi connectivity index (χ3n) is 4.01. The molecule has 3 N–H and O–H groups in total. The van der Waals surface area contributed by atoms with Crippen LogP contribution in [-0.4, -0.2) is 20.4 Å². The summed E-state index contributed by atoms with van der Waals surface area (Å²) < 4.78 is 28.2. The maximum Gasteiger partial charge on any atom is 0.261 e. The SMILES string of the molecule is C[C@H](NC(=O)[C@H]1Cc2ccccc2O1)c1ccc(S(N)(=O)=O)cc1. The van der Waals surface area contributed by atoms with E-state index in [1.807, 2.05) is 31.2 Å². The van der Waals surface area contributed by atoms with Crippen LogP contribution in [0.1, 0.15) is 24.1 Å². The van der Waals surface area contributed by atoms with Crippen molar-refractivity contribution in [2.24, 2.45) is 5.14 Å². The highest BCUT2D eigenvalue weighted by Crippen LogP contribution is 2.28. The molecule has 3 rings (SSSR count). The molecule has 0 radical (unpaired) electrons. The van der Waals surface area contributed by atoms with E-state index in [0.717, 1.165) is 16.9 Å². The lowest BCUT2D eigenvalue weighted by atomic mass is 10.1. The van der Waals surface area contributed by atoms with E-state index >= 15 is 0 Å². The Labute approximate surface area is 140 Å². The Morgan fingerprint density at radius 3 is 2.50 bits per heavy atom. The second-order valence-electron chi connectivity index (χ2n) is 5.76. The van der Waals surface area contributed by atoms with Gasteiger partial charge < -0.3 is 10.1 Å². The van der Waals surface area contributed by atoms with Crippen LogP contribution in [0.2, 0.25) is 0 Å². The second-order valence-corrected chi connectivity index (χ2v) is 7.32. The molecule has 0 bridgehead atoms. The molecule has 2 aromatic carbocycles. The standard InChI is InChI=1S/C17H18N2O4S/c1-11(12-6-8-14(9-7-12)24(18,21)22)19-17(20)16-10-13-4-2-3-5-15(13)23-16/h2-9,11,16H,10H2,1H3,(H,19,20)(H2,18,21,22)/t11-,16+/m0/s1. The molecule has 7 heteroatoms. The highest BCUT2D eigenvalue weighted by molar-refractivity contribution is 7.89. The number of sulfonamides is 1. The first-order chi connectivity index (χ1) is 11.3. The lowest BCUT2D eigenvalue weighted by Crippen LogP contribution is -2.38. The molecule has 2 aromatic rings. The molecular weight excluding hydrogens is 328 g/mol. The van der Waals surface area contributed by atoms with E-state index in [-0.39, 0.29) is 16.8 Å². The van der Waals surface area contributed by atoms with Crippen molar-refractivity contribution in [2.45, 2.75) is 30.4 Å². The Morgan fingerprint density at radius 2 is 1.88 bits per heavy atom. The van der Waals surface area contributed by atoms with Crippen LogP contribution in [0.3, 0.4) is 0 Å². The smallest absolute Gasteiger partial charge is 0.261 e. The van der Waals surface area contributed by atoms with Gasteiger partial charge in [0.25, 0.3) is 5.91 Å². The van der Waals surface area contributed by atoms with E-state index in [9.17, 15) is 13.2 Å². The van der Waals surface area contributed by atoms with Gasteiger partial charge in [0.1, 0.15) is 5.75 Å². The van der Waals surface area contributed by atoms with Gasteiger partial charge in [-0.1, -0.05) is 30.3 Å². The number of carbonyl (C=O) groups is 1. The fourth-order valence-electron chi connectivity index (χ4n) is 2.66. The van der Waals surface area contributed by atoms with E-state index in [2.05, 4.69) is 5.32 Å². The average molecular weight is 346 g/mol. The van der Waals surface area contributed by atoms with Crippen molar-refractivity contribution < 1.29 is 17.9 Å². The number of primary sulfonamides is 1. The molecule has 1 heterocycles. The predicted molar refractivity (Wildman–Crippen MR) is 88.9 cm³/mol. The number of nitrogens with one attached hydrogen (secondary N) is 1. The van der Waals surface area contributed by atoms with Crippen LogP contribution in [0.15, 0.2) is 53.4 Å². The minimum atomic E-state index is -3.72. The molecule has 2 atom stereocenters. The first-order valence-electron chi connectivity index (χ1n) is 7.52. The minimum Gasteiger partial charge on any atom is -0.480 e. The highest BCUT2D eigenvalue weighted by atomic mass is 32.2. The molecule has 1 aliphatic heterocycles. The van der Waals surface area contributed by atoms with Crippen molar-refractivity contribution in [1.82, 2.24) is 5.32 Å². The van der Waals surface area contributed by atoms with Crippen LogP contribution in [0.25, 0.3) is 0 Å². The van der Waals surface area contributed by atoms with Crippen molar-refractivity contribution in [2.75, 3.05) is 0 Å². The lowest BCUT2D eigenvalue weighted by Gasteiger charge is -2.17. The average Bonchev–Trinajstić information content (AvgIpc) is 2.98. The van der Waals surface area contributed by atoms with Gasteiger partial charge in [0, 0.05) is 6.42 Å². The van der Waals surface area contributed by atoms with Crippen molar-refractivity contribution >= 4 is 15.9 Å². The summed E-state index contributed by atoms with van der Waals surface area (Å²) in [5, 5.41) is 7.96. The van der Waals surface area contributed by atoms with Gasteiger partial charge in [0.05, 0.1) is 10.9 Å². The van der Waals surface area contributed by atoms with E-state index in [1.54, 1.807) is 12.1 Å². The normalized spacial score (nSPS) is 17.7. The van der Waals surface area contributed by atoms with Crippen LogP contribution < -0.4 is 15.2 Å². The molecule has 0 fully saturated rings. The maximum atomic E-state index is 12.4. The number of carbonyl (C=O) groups excluding carboxylic acids is 1. The number of fused-ring (bicyclic) bond motifs is 1. The van der Waals surface area contributed by atoms with Crippen molar-refractivity contribution in [3.8, 4) is 5.75 Å². The first kappa shape index (κ1) is 16.5. The monoisotopic (exact) mass is 346 g/mol. The van der Waals surface area contributed by atoms with Crippen LogP contribution >= 0.6 is 0 Å². The van der Waals surface area contributed by atoms with E-state index in [0.29, 0.717) is 6.42 Å². The van der Waals surface area contributed by atoms with Crippen LogP contribution in [0, 0.1) is 0 Å². The third kappa shape index (κ3) is 3.42. The number of amides is 1. The molecule has 126 valence electrons. The third-order valence-corrected chi connectivity index (χ3v) is 4.94. The molecule has 0 saturated carbocycles. The lowest BCUT2D eigenvalue weighted by molar-refractivity contribution is -0.127. The number of para-hydroxylation sites is 1.